The molecule has 2 N–H and O–H groups in total. The Labute approximate surface area is 98.0 Å². The van der Waals surface area contributed by atoms with Crippen LogP contribution in [0.4, 0.5) is 0 Å². The number of nitrogens with zero attached hydrogens (tertiary/aromatic N) is 1. The molecule has 4 heteroatoms. The monoisotopic (exact) mass is 228 g/mol. The zero-order valence-electron chi connectivity index (χ0n) is 10.9. The van der Waals surface area contributed by atoms with Crippen LogP contribution in [-0.2, 0) is 4.79 Å². The van der Waals surface area contributed by atoms with Crippen molar-refractivity contribution in [2.24, 2.45) is 5.41 Å². The smallest absolute Gasteiger partial charge is 0.240 e. The molecule has 0 bridgehead atoms. The van der Waals surface area contributed by atoms with E-state index < -0.39 is 0 Å². The molecule has 1 aliphatic rings. The molecule has 3 atom stereocenters. The van der Waals surface area contributed by atoms with Crippen LogP contribution in [0.25, 0.3) is 0 Å². The van der Waals surface area contributed by atoms with Crippen LogP contribution in [0.5, 0.6) is 0 Å². The maximum atomic E-state index is 12.3. The topological polar surface area (TPSA) is 52.6 Å². The highest BCUT2D eigenvalue weighted by Gasteiger charge is 2.38. The van der Waals surface area contributed by atoms with Crippen molar-refractivity contribution in [3.05, 3.63) is 0 Å². The Morgan fingerprint density at radius 3 is 2.38 bits per heavy atom. The first-order valence-electron chi connectivity index (χ1n) is 5.93. The number of likely N-dealkylation sites (tertiary alicyclic amines) is 1. The molecule has 1 aliphatic heterocycles. The van der Waals surface area contributed by atoms with E-state index in [4.69, 9.17) is 0 Å². The first-order chi connectivity index (χ1) is 7.27. The second-order valence-corrected chi connectivity index (χ2v) is 5.82. The largest absolute Gasteiger partial charge is 0.391 e. The van der Waals surface area contributed by atoms with Crippen molar-refractivity contribution in [3.8, 4) is 0 Å². The maximum absolute atomic E-state index is 12.3. The molecule has 0 aromatic heterocycles. The molecule has 0 radical (unpaired) electrons. The number of nitrogens with one attached hydrogen (secondary N) is 1. The summed E-state index contributed by atoms with van der Waals surface area (Å²) in [5.74, 6) is 0.0963. The van der Waals surface area contributed by atoms with Gasteiger partial charge in [0, 0.05) is 12.6 Å². The lowest BCUT2D eigenvalue weighted by molar-refractivity contribution is -0.136. The summed E-state index contributed by atoms with van der Waals surface area (Å²) in [7, 11) is 1.81. The number of likely N-dealkylation sites (N-methyl/N-ethyl adjacent to an activating group) is 1. The molecule has 1 heterocycles. The Hall–Kier alpha value is -0.610. The van der Waals surface area contributed by atoms with Gasteiger partial charge in [-0.2, -0.15) is 0 Å². The van der Waals surface area contributed by atoms with E-state index >= 15 is 0 Å². The Kier molecular flexibility index (Phi) is 3.97. The average Bonchev–Trinajstić information content (AvgIpc) is 2.43. The minimum atomic E-state index is -0.364. The lowest BCUT2D eigenvalue weighted by atomic mass is 9.86. The van der Waals surface area contributed by atoms with Gasteiger partial charge in [-0.25, -0.2) is 0 Å². The lowest BCUT2D eigenvalue weighted by Crippen LogP contribution is -2.52. The van der Waals surface area contributed by atoms with Crippen molar-refractivity contribution >= 4 is 5.91 Å². The summed E-state index contributed by atoms with van der Waals surface area (Å²) in [4.78, 5) is 14.1. The second-order valence-electron chi connectivity index (χ2n) is 5.82. The quantitative estimate of drug-likeness (QED) is 0.728. The molecule has 1 saturated heterocycles. The zero-order chi connectivity index (χ0) is 12.5. The molecule has 1 amide bonds. The van der Waals surface area contributed by atoms with Crippen LogP contribution in [-0.4, -0.2) is 47.7 Å². The van der Waals surface area contributed by atoms with Gasteiger partial charge in [0.1, 0.15) is 0 Å². The molecule has 0 aliphatic carbocycles. The fourth-order valence-corrected chi connectivity index (χ4v) is 2.40. The molecule has 0 unspecified atom stereocenters. The summed E-state index contributed by atoms with van der Waals surface area (Å²) in [5, 5.41) is 12.6. The Morgan fingerprint density at radius 1 is 1.50 bits per heavy atom. The number of rotatable bonds is 2. The van der Waals surface area contributed by atoms with Crippen molar-refractivity contribution in [1.29, 1.82) is 0 Å². The molecule has 0 aromatic carbocycles. The Morgan fingerprint density at radius 2 is 2.06 bits per heavy atom. The Balaban J connectivity index is 2.76. The number of amides is 1. The van der Waals surface area contributed by atoms with Crippen LogP contribution in [0.1, 0.15) is 34.1 Å². The normalized spacial score (nSPS) is 28.2. The first-order valence-corrected chi connectivity index (χ1v) is 5.93. The molecule has 4 nitrogen and oxygen atoms in total. The molecule has 0 aromatic rings. The lowest BCUT2D eigenvalue weighted by Gasteiger charge is -2.34. The maximum Gasteiger partial charge on any atom is 0.240 e. The standard InChI is InChI=1S/C12H24N2O2/c1-8-6-9(15)7-14(8)11(16)10(13-5)12(2,3)4/h8-10,13,15H,6-7H2,1-5H3/t8-,9-,10-/m1/s1. The van der Waals surface area contributed by atoms with E-state index in [0.717, 1.165) is 0 Å². The van der Waals surface area contributed by atoms with Crippen LogP contribution < -0.4 is 5.32 Å². The summed E-state index contributed by atoms with van der Waals surface area (Å²) in [6.45, 7) is 8.59. The van der Waals surface area contributed by atoms with Gasteiger partial charge in [0.25, 0.3) is 0 Å². The van der Waals surface area contributed by atoms with Crippen LogP contribution in [0, 0.1) is 5.41 Å². The van der Waals surface area contributed by atoms with E-state index in [2.05, 4.69) is 5.32 Å². The van der Waals surface area contributed by atoms with E-state index in [1.165, 1.54) is 0 Å². The fourth-order valence-electron chi connectivity index (χ4n) is 2.40. The van der Waals surface area contributed by atoms with Crippen LogP contribution in [0.3, 0.4) is 0 Å². The third kappa shape index (κ3) is 2.74. The number of hydrogen-bond acceptors (Lipinski definition) is 3. The SMILES string of the molecule is CN[C@H](C(=O)N1C[C@H](O)C[C@H]1C)C(C)(C)C. The van der Waals surface area contributed by atoms with Gasteiger partial charge in [0.15, 0.2) is 0 Å². The number of hydrogen-bond donors (Lipinski definition) is 2. The van der Waals surface area contributed by atoms with Gasteiger partial charge in [-0.15, -0.1) is 0 Å². The molecule has 0 spiro atoms. The van der Waals surface area contributed by atoms with Crippen LogP contribution in [0.15, 0.2) is 0 Å². The third-order valence-corrected chi connectivity index (χ3v) is 3.24. The highest BCUT2D eigenvalue weighted by atomic mass is 16.3. The third-order valence-electron chi connectivity index (χ3n) is 3.24. The Bertz CT molecular complexity index is 260. The second kappa shape index (κ2) is 4.72. The molecule has 1 rings (SSSR count). The predicted octanol–water partition coefficient (Wildman–Crippen LogP) is 0.602. The van der Waals surface area contributed by atoms with Crippen molar-refractivity contribution in [2.75, 3.05) is 13.6 Å². The van der Waals surface area contributed by atoms with E-state index in [-0.39, 0.29) is 29.5 Å². The van der Waals surface area contributed by atoms with E-state index in [1.54, 1.807) is 4.90 Å². The number of aliphatic hydroxyl groups is 1. The van der Waals surface area contributed by atoms with Crippen molar-refractivity contribution < 1.29 is 9.90 Å². The summed E-state index contributed by atoms with van der Waals surface area (Å²) in [6, 6.07) is -0.0547. The molecular weight excluding hydrogens is 204 g/mol. The van der Waals surface area contributed by atoms with Crippen LogP contribution in [0.2, 0.25) is 0 Å². The zero-order valence-corrected chi connectivity index (χ0v) is 10.9. The van der Waals surface area contributed by atoms with Gasteiger partial charge in [-0.1, -0.05) is 20.8 Å². The fraction of sp³-hybridized carbons (Fsp3) is 0.917. The summed E-state index contributed by atoms with van der Waals surface area (Å²) >= 11 is 0. The van der Waals surface area contributed by atoms with E-state index in [1.807, 2.05) is 34.7 Å². The van der Waals surface area contributed by atoms with Crippen molar-refractivity contribution in [1.82, 2.24) is 10.2 Å². The van der Waals surface area contributed by atoms with Crippen molar-refractivity contribution in [2.45, 2.75) is 52.3 Å². The molecular formula is C12H24N2O2. The molecule has 1 fully saturated rings. The van der Waals surface area contributed by atoms with Gasteiger partial charge in [0.2, 0.25) is 5.91 Å². The molecule has 94 valence electrons. The van der Waals surface area contributed by atoms with Crippen molar-refractivity contribution in [3.63, 3.8) is 0 Å². The summed E-state index contributed by atoms with van der Waals surface area (Å²) < 4.78 is 0. The van der Waals surface area contributed by atoms with Gasteiger partial charge in [-0.3, -0.25) is 4.79 Å². The number of carbonyl (C=O) groups excluding carboxylic acids is 1. The first kappa shape index (κ1) is 13.5. The van der Waals surface area contributed by atoms with Crippen LogP contribution >= 0.6 is 0 Å². The highest BCUT2D eigenvalue weighted by Crippen LogP contribution is 2.25. The van der Waals surface area contributed by atoms with Gasteiger partial charge < -0.3 is 15.3 Å². The number of carbonyl (C=O) groups is 1. The van der Waals surface area contributed by atoms with Gasteiger partial charge in [-0.05, 0) is 25.8 Å². The van der Waals surface area contributed by atoms with Gasteiger partial charge >= 0.3 is 0 Å². The minimum Gasteiger partial charge on any atom is -0.391 e. The summed E-state index contributed by atoms with van der Waals surface area (Å²) in [5.41, 5.74) is -0.112. The minimum absolute atomic E-state index is 0.0963. The molecule has 0 saturated carbocycles. The predicted molar refractivity (Wildman–Crippen MR) is 64.1 cm³/mol. The highest BCUT2D eigenvalue weighted by molar-refractivity contribution is 5.83. The van der Waals surface area contributed by atoms with E-state index in [0.29, 0.717) is 13.0 Å². The number of aliphatic hydroxyl groups excluding tert-OH is 1. The van der Waals surface area contributed by atoms with E-state index in [9.17, 15) is 9.90 Å². The number of β-amino-alcohol motifs (C(OH)–C–C–N with tert-alkyl or cyclic N) is 1. The average molecular weight is 228 g/mol. The molecule has 16 heavy (non-hydrogen) atoms. The van der Waals surface area contributed by atoms with Gasteiger partial charge in [0.05, 0.1) is 12.1 Å². The summed E-state index contributed by atoms with van der Waals surface area (Å²) in [6.07, 6.45) is 0.322.